The monoisotopic (exact) mass is 265 g/mol. The van der Waals surface area contributed by atoms with E-state index in [2.05, 4.69) is 15.3 Å². The molecule has 6 heteroatoms. The molecule has 2 rings (SSSR count). The van der Waals surface area contributed by atoms with E-state index in [1.807, 2.05) is 6.92 Å². The van der Waals surface area contributed by atoms with E-state index in [4.69, 9.17) is 9.84 Å². The topological polar surface area (TPSA) is 84.3 Å². The van der Waals surface area contributed by atoms with Crippen molar-refractivity contribution < 1.29 is 14.6 Å². The lowest BCUT2D eigenvalue weighted by molar-refractivity contribution is -0.0255. The summed E-state index contributed by atoms with van der Waals surface area (Å²) in [6.45, 7) is 3.64. The number of anilines is 1. The molecule has 0 radical (unpaired) electrons. The highest BCUT2D eigenvalue weighted by molar-refractivity contribution is 5.84. The largest absolute Gasteiger partial charge is 0.476 e. The Morgan fingerprint density at radius 3 is 2.84 bits per heavy atom. The van der Waals surface area contributed by atoms with Crippen molar-refractivity contribution in [2.45, 2.75) is 32.3 Å². The SMILES string of the molecule is CCOC1CC(CCNc2cnc(C(=O)O)cn2)C1. The Balaban J connectivity index is 1.65. The van der Waals surface area contributed by atoms with Gasteiger partial charge >= 0.3 is 5.97 Å². The highest BCUT2D eigenvalue weighted by Crippen LogP contribution is 2.32. The van der Waals surface area contributed by atoms with Crippen molar-refractivity contribution in [1.29, 1.82) is 0 Å². The second kappa shape index (κ2) is 6.47. The van der Waals surface area contributed by atoms with Crippen LogP contribution in [0.5, 0.6) is 0 Å². The van der Waals surface area contributed by atoms with Gasteiger partial charge in [0.25, 0.3) is 0 Å². The molecule has 1 aromatic rings. The van der Waals surface area contributed by atoms with Crippen LogP contribution in [-0.2, 0) is 4.74 Å². The number of rotatable bonds is 7. The molecule has 0 aliphatic heterocycles. The van der Waals surface area contributed by atoms with Gasteiger partial charge in [-0.1, -0.05) is 0 Å². The van der Waals surface area contributed by atoms with Crippen LogP contribution in [-0.4, -0.2) is 40.3 Å². The number of carbonyl (C=O) groups is 1. The van der Waals surface area contributed by atoms with Crippen LogP contribution in [0.15, 0.2) is 12.4 Å². The van der Waals surface area contributed by atoms with Gasteiger partial charge in [0.15, 0.2) is 5.69 Å². The number of aromatic carboxylic acids is 1. The van der Waals surface area contributed by atoms with Gasteiger partial charge in [0.1, 0.15) is 5.82 Å². The summed E-state index contributed by atoms with van der Waals surface area (Å²) in [6, 6.07) is 0. The van der Waals surface area contributed by atoms with Crippen LogP contribution in [0.1, 0.15) is 36.7 Å². The first-order chi connectivity index (χ1) is 9.19. The number of ether oxygens (including phenoxy) is 1. The van der Waals surface area contributed by atoms with Gasteiger partial charge in [0.2, 0.25) is 0 Å². The fraction of sp³-hybridized carbons (Fsp3) is 0.615. The summed E-state index contributed by atoms with van der Waals surface area (Å²) in [5.41, 5.74) is -0.0379. The van der Waals surface area contributed by atoms with E-state index in [1.54, 1.807) is 0 Å². The van der Waals surface area contributed by atoms with Crippen molar-refractivity contribution in [3.63, 3.8) is 0 Å². The molecule has 0 atom stereocenters. The first-order valence-electron chi connectivity index (χ1n) is 6.59. The maximum Gasteiger partial charge on any atom is 0.356 e. The maximum atomic E-state index is 10.6. The molecule has 1 aromatic heterocycles. The predicted octanol–water partition coefficient (Wildman–Crippen LogP) is 1.79. The normalized spacial score (nSPS) is 21.7. The third-order valence-corrected chi connectivity index (χ3v) is 3.32. The molecule has 1 fully saturated rings. The maximum absolute atomic E-state index is 10.6. The van der Waals surface area contributed by atoms with Gasteiger partial charge in [-0.2, -0.15) is 0 Å². The second-order valence-corrected chi connectivity index (χ2v) is 4.72. The quantitative estimate of drug-likeness (QED) is 0.782. The van der Waals surface area contributed by atoms with Crippen molar-refractivity contribution in [3.8, 4) is 0 Å². The Kier molecular flexibility index (Phi) is 4.68. The van der Waals surface area contributed by atoms with Crippen LogP contribution >= 0.6 is 0 Å². The molecule has 1 heterocycles. The molecule has 0 unspecified atom stereocenters. The molecular formula is C13H19N3O3. The number of aromatic nitrogens is 2. The molecule has 0 aromatic carbocycles. The summed E-state index contributed by atoms with van der Waals surface area (Å²) in [5.74, 6) is 0.275. The van der Waals surface area contributed by atoms with Crippen LogP contribution in [0, 0.1) is 5.92 Å². The van der Waals surface area contributed by atoms with Crippen molar-refractivity contribution in [2.24, 2.45) is 5.92 Å². The zero-order valence-corrected chi connectivity index (χ0v) is 11.0. The molecular weight excluding hydrogens is 246 g/mol. The third kappa shape index (κ3) is 3.89. The fourth-order valence-electron chi connectivity index (χ4n) is 2.22. The van der Waals surface area contributed by atoms with Crippen LogP contribution in [0.2, 0.25) is 0 Å². The van der Waals surface area contributed by atoms with E-state index < -0.39 is 5.97 Å². The number of hydrogen-bond acceptors (Lipinski definition) is 5. The Morgan fingerprint density at radius 1 is 1.47 bits per heavy atom. The lowest BCUT2D eigenvalue weighted by Gasteiger charge is -2.34. The summed E-state index contributed by atoms with van der Waals surface area (Å²) < 4.78 is 5.51. The number of nitrogens with one attached hydrogen (secondary N) is 1. The molecule has 0 saturated heterocycles. The number of carboxylic acids is 1. The smallest absolute Gasteiger partial charge is 0.356 e. The summed E-state index contributed by atoms with van der Waals surface area (Å²) >= 11 is 0. The highest BCUT2D eigenvalue weighted by Gasteiger charge is 2.28. The third-order valence-electron chi connectivity index (χ3n) is 3.32. The average molecular weight is 265 g/mol. The van der Waals surface area contributed by atoms with Crippen LogP contribution < -0.4 is 5.32 Å². The standard InChI is InChI=1S/C13H19N3O3/c1-2-19-10-5-9(6-10)3-4-14-12-8-15-11(7-16-12)13(17)18/h7-10H,2-6H2,1H3,(H,14,16)(H,17,18). The van der Waals surface area contributed by atoms with Gasteiger partial charge < -0.3 is 15.2 Å². The fourth-order valence-corrected chi connectivity index (χ4v) is 2.22. The van der Waals surface area contributed by atoms with Gasteiger partial charge in [0, 0.05) is 13.2 Å². The Labute approximate surface area is 112 Å². The van der Waals surface area contributed by atoms with E-state index in [9.17, 15) is 4.79 Å². The van der Waals surface area contributed by atoms with Crippen molar-refractivity contribution in [1.82, 2.24) is 9.97 Å². The Morgan fingerprint density at radius 2 is 2.26 bits per heavy atom. The van der Waals surface area contributed by atoms with E-state index >= 15 is 0 Å². The first-order valence-corrected chi connectivity index (χ1v) is 6.59. The van der Waals surface area contributed by atoms with Gasteiger partial charge in [-0.05, 0) is 32.1 Å². The number of carboxylic acid groups (broad SMARTS) is 1. The van der Waals surface area contributed by atoms with Gasteiger partial charge in [-0.15, -0.1) is 0 Å². The first kappa shape index (κ1) is 13.7. The molecule has 0 bridgehead atoms. The number of hydrogen-bond donors (Lipinski definition) is 2. The van der Waals surface area contributed by atoms with Crippen molar-refractivity contribution in [2.75, 3.05) is 18.5 Å². The molecule has 19 heavy (non-hydrogen) atoms. The van der Waals surface area contributed by atoms with E-state index in [-0.39, 0.29) is 5.69 Å². The molecule has 2 N–H and O–H groups in total. The zero-order valence-electron chi connectivity index (χ0n) is 11.0. The minimum atomic E-state index is -1.06. The minimum absolute atomic E-state index is 0.0379. The Hall–Kier alpha value is -1.69. The molecule has 6 nitrogen and oxygen atoms in total. The predicted molar refractivity (Wildman–Crippen MR) is 70.2 cm³/mol. The molecule has 0 spiro atoms. The van der Waals surface area contributed by atoms with Crippen LogP contribution in [0.3, 0.4) is 0 Å². The lowest BCUT2D eigenvalue weighted by Crippen LogP contribution is -2.32. The van der Waals surface area contributed by atoms with Crippen molar-refractivity contribution >= 4 is 11.8 Å². The highest BCUT2D eigenvalue weighted by atomic mass is 16.5. The second-order valence-electron chi connectivity index (χ2n) is 4.72. The van der Waals surface area contributed by atoms with E-state index in [1.165, 1.54) is 12.4 Å². The Bertz CT molecular complexity index is 416. The van der Waals surface area contributed by atoms with Gasteiger partial charge in [0.05, 0.1) is 18.5 Å². The van der Waals surface area contributed by atoms with Crippen molar-refractivity contribution in [3.05, 3.63) is 18.1 Å². The van der Waals surface area contributed by atoms with E-state index in [0.29, 0.717) is 11.9 Å². The van der Waals surface area contributed by atoms with E-state index in [0.717, 1.165) is 38.3 Å². The molecule has 0 amide bonds. The summed E-state index contributed by atoms with van der Waals surface area (Å²) in [4.78, 5) is 18.4. The summed E-state index contributed by atoms with van der Waals surface area (Å²) in [6.07, 6.45) is 6.51. The minimum Gasteiger partial charge on any atom is -0.476 e. The average Bonchev–Trinajstić information content (AvgIpc) is 2.36. The molecule has 104 valence electrons. The zero-order chi connectivity index (χ0) is 13.7. The number of nitrogens with zero attached hydrogens (tertiary/aromatic N) is 2. The van der Waals surface area contributed by atoms with Crippen LogP contribution in [0.4, 0.5) is 5.82 Å². The molecule has 1 aliphatic carbocycles. The van der Waals surface area contributed by atoms with Crippen LogP contribution in [0.25, 0.3) is 0 Å². The summed E-state index contributed by atoms with van der Waals surface area (Å²) in [5, 5.41) is 11.8. The lowest BCUT2D eigenvalue weighted by atomic mass is 9.80. The molecule has 1 aliphatic rings. The molecule has 1 saturated carbocycles. The van der Waals surface area contributed by atoms with Gasteiger partial charge in [-0.3, -0.25) is 0 Å². The summed E-state index contributed by atoms with van der Waals surface area (Å²) in [7, 11) is 0. The van der Waals surface area contributed by atoms with Gasteiger partial charge in [-0.25, -0.2) is 14.8 Å².